The molecule has 0 bridgehead atoms. The maximum absolute atomic E-state index is 8.69. The molecule has 1 N–H and O–H groups in total. The third kappa shape index (κ3) is 4.23. The number of rotatable bonds is 2. The lowest BCUT2D eigenvalue weighted by molar-refractivity contribution is 1.13. The third-order valence-corrected chi connectivity index (χ3v) is 2.40. The van der Waals surface area contributed by atoms with Crippen LogP contribution in [-0.2, 0) is 0 Å². The van der Waals surface area contributed by atoms with Crippen molar-refractivity contribution in [2.24, 2.45) is 0 Å². The smallest absolute Gasteiger partial charge is 0.224 e. The molecule has 98 valence electrons. The van der Waals surface area contributed by atoms with E-state index in [1.807, 2.05) is 32.9 Å². The fourth-order valence-electron chi connectivity index (χ4n) is 1.31. The van der Waals surface area contributed by atoms with E-state index in [-0.39, 0.29) is 5.28 Å². The Morgan fingerprint density at radius 1 is 1.21 bits per heavy atom. The molecular weight excluding hydrogens is 260 g/mol. The number of hydrogen-bond acceptors (Lipinski definition) is 4. The van der Waals surface area contributed by atoms with E-state index in [2.05, 4.69) is 21.4 Å². The summed E-state index contributed by atoms with van der Waals surface area (Å²) in [5, 5.41) is 12.0. The van der Waals surface area contributed by atoms with Crippen LogP contribution in [0.4, 0.5) is 11.5 Å². The summed E-state index contributed by atoms with van der Waals surface area (Å²) < 4.78 is 0. The molecule has 0 aliphatic carbocycles. The Morgan fingerprint density at radius 2 is 1.84 bits per heavy atom. The molecule has 0 atom stereocenters. The summed E-state index contributed by atoms with van der Waals surface area (Å²) >= 11 is 5.73. The van der Waals surface area contributed by atoms with Crippen LogP contribution in [0.25, 0.3) is 0 Å². The van der Waals surface area contributed by atoms with Gasteiger partial charge in [0.15, 0.2) is 0 Å². The van der Waals surface area contributed by atoms with Crippen molar-refractivity contribution in [2.75, 3.05) is 5.32 Å². The Morgan fingerprint density at radius 3 is 2.42 bits per heavy atom. The zero-order valence-corrected chi connectivity index (χ0v) is 11.9. The standard InChI is InChI=1S/C12H9ClN4.C2H6/c1-8-7-15-12(13)17-11(8)16-10-4-2-9(6-14)3-5-10;1-2/h2-5,7H,1H3,(H,15,16,17);1-2H3. The quantitative estimate of drug-likeness (QED) is 0.838. The molecule has 1 aromatic heterocycles. The van der Waals surface area contributed by atoms with Gasteiger partial charge in [-0.25, -0.2) is 9.97 Å². The van der Waals surface area contributed by atoms with Crippen LogP contribution in [0.5, 0.6) is 0 Å². The van der Waals surface area contributed by atoms with Crippen LogP contribution in [0.3, 0.4) is 0 Å². The Bertz CT molecular complexity index is 573. The number of nitrogens with zero attached hydrogens (tertiary/aromatic N) is 3. The lowest BCUT2D eigenvalue weighted by Crippen LogP contribution is -1.98. The number of halogens is 1. The van der Waals surface area contributed by atoms with Crippen molar-refractivity contribution in [3.8, 4) is 6.07 Å². The highest BCUT2D eigenvalue weighted by molar-refractivity contribution is 6.28. The van der Waals surface area contributed by atoms with Gasteiger partial charge in [-0.1, -0.05) is 13.8 Å². The van der Waals surface area contributed by atoms with Gasteiger partial charge >= 0.3 is 0 Å². The molecule has 19 heavy (non-hydrogen) atoms. The lowest BCUT2D eigenvalue weighted by Gasteiger charge is -2.07. The summed E-state index contributed by atoms with van der Waals surface area (Å²) in [5.41, 5.74) is 2.37. The molecule has 1 aromatic carbocycles. The number of hydrogen-bond donors (Lipinski definition) is 1. The van der Waals surface area contributed by atoms with E-state index in [1.54, 1.807) is 18.3 Å². The predicted molar refractivity (Wildman–Crippen MR) is 77.6 cm³/mol. The van der Waals surface area contributed by atoms with Crippen molar-refractivity contribution >= 4 is 23.1 Å². The number of aryl methyl sites for hydroxylation is 1. The summed E-state index contributed by atoms with van der Waals surface area (Å²) in [6.07, 6.45) is 1.65. The average molecular weight is 275 g/mol. The maximum Gasteiger partial charge on any atom is 0.224 e. The van der Waals surface area contributed by atoms with E-state index < -0.39 is 0 Å². The molecule has 2 rings (SSSR count). The second-order valence-electron chi connectivity index (χ2n) is 3.48. The number of benzene rings is 1. The summed E-state index contributed by atoms with van der Waals surface area (Å²) in [6, 6.07) is 9.16. The molecule has 0 amide bonds. The van der Waals surface area contributed by atoms with Crippen LogP contribution in [0.1, 0.15) is 25.0 Å². The molecule has 0 aliphatic rings. The number of nitrogens with one attached hydrogen (secondary N) is 1. The number of nitriles is 1. The van der Waals surface area contributed by atoms with Crippen molar-refractivity contribution in [3.05, 3.63) is 46.9 Å². The first-order valence-corrected chi connectivity index (χ1v) is 6.33. The molecule has 1 heterocycles. The maximum atomic E-state index is 8.69. The Labute approximate surface area is 118 Å². The molecule has 0 radical (unpaired) electrons. The minimum absolute atomic E-state index is 0.201. The monoisotopic (exact) mass is 274 g/mol. The Balaban J connectivity index is 0.000000861. The molecule has 0 fully saturated rings. The number of anilines is 2. The van der Waals surface area contributed by atoms with Crippen LogP contribution >= 0.6 is 11.6 Å². The van der Waals surface area contributed by atoms with E-state index in [0.29, 0.717) is 11.4 Å². The molecule has 0 saturated carbocycles. The van der Waals surface area contributed by atoms with Crippen LogP contribution < -0.4 is 5.32 Å². The van der Waals surface area contributed by atoms with Gasteiger partial charge in [0.2, 0.25) is 5.28 Å². The topological polar surface area (TPSA) is 61.6 Å². The number of aromatic nitrogens is 2. The average Bonchev–Trinajstić information content (AvgIpc) is 2.46. The first-order chi connectivity index (χ1) is 9.19. The summed E-state index contributed by atoms with van der Waals surface area (Å²) in [4.78, 5) is 7.97. The van der Waals surface area contributed by atoms with E-state index in [0.717, 1.165) is 11.3 Å². The Hall–Kier alpha value is -2.12. The summed E-state index contributed by atoms with van der Waals surface area (Å²) in [7, 11) is 0. The fourth-order valence-corrected chi connectivity index (χ4v) is 1.45. The van der Waals surface area contributed by atoms with E-state index >= 15 is 0 Å². The predicted octanol–water partition coefficient (Wildman–Crippen LogP) is 4.08. The molecule has 0 aliphatic heterocycles. The summed E-state index contributed by atoms with van der Waals surface area (Å²) in [5.74, 6) is 0.662. The van der Waals surface area contributed by atoms with Crippen molar-refractivity contribution in [3.63, 3.8) is 0 Å². The molecule has 0 unspecified atom stereocenters. The highest BCUT2D eigenvalue weighted by Gasteiger charge is 2.02. The van der Waals surface area contributed by atoms with Gasteiger partial charge in [-0.05, 0) is 42.8 Å². The molecule has 0 spiro atoms. The largest absolute Gasteiger partial charge is 0.340 e. The minimum atomic E-state index is 0.201. The van der Waals surface area contributed by atoms with Gasteiger partial charge in [-0.2, -0.15) is 5.26 Å². The van der Waals surface area contributed by atoms with E-state index in [9.17, 15) is 0 Å². The van der Waals surface area contributed by atoms with Crippen molar-refractivity contribution in [1.29, 1.82) is 5.26 Å². The first kappa shape index (κ1) is 14.9. The van der Waals surface area contributed by atoms with Gasteiger partial charge in [0, 0.05) is 17.4 Å². The van der Waals surface area contributed by atoms with Crippen molar-refractivity contribution in [2.45, 2.75) is 20.8 Å². The van der Waals surface area contributed by atoms with Gasteiger partial charge in [-0.15, -0.1) is 0 Å². The highest BCUT2D eigenvalue weighted by Crippen LogP contribution is 2.19. The summed E-state index contributed by atoms with van der Waals surface area (Å²) in [6.45, 7) is 5.89. The van der Waals surface area contributed by atoms with Crippen molar-refractivity contribution < 1.29 is 0 Å². The second-order valence-corrected chi connectivity index (χ2v) is 3.82. The van der Waals surface area contributed by atoms with Crippen LogP contribution in [0.15, 0.2) is 30.5 Å². The highest BCUT2D eigenvalue weighted by atomic mass is 35.5. The second kappa shape index (κ2) is 7.34. The van der Waals surface area contributed by atoms with Gasteiger partial charge in [-0.3, -0.25) is 0 Å². The normalized spacial score (nSPS) is 9.00. The Kier molecular flexibility index (Phi) is 5.77. The third-order valence-electron chi connectivity index (χ3n) is 2.22. The van der Waals surface area contributed by atoms with Gasteiger partial charge in [0.05, 0.1) is 11.6 Å². The van der Waals surface area contributed by atoms with Crippen molar-refractivity contribution in [1.82, 2.24) is 9.97 Å². The van der Waals surface area contributed by atoms with Crippen LogP contribution in [0, 0.1) is 18.3 Å². The molecule has 2 aromatic rings. The van der Waals surface area contributed by atoms with Gasteiger partial charge in [0.1, 0.15) is 5.82 Å². The van der Waals surface area contributed by atoms with Crippen LogP contribution in [0.2, 0.25) is 5.28 Å². The molecule has 4 nitrogen and oxygen atoms in total. The van der Waals surface area contributed by atoms with E-state index in [4.69, 9.17) is 16.9 Å². The zero-order chi connectivity index (χ0) is 14.3. The molecule has 0 saturated heterocycles. The van der Waals surface area contributed by atoms with Crippen LogP contribution in [-0.4, -0.2) is 9.97 Å². The zero-order valence-electron chi connectivity index (χ0n) is 11.1. The minimum Gasteiger partial charge on any atom is -0.340 e. The SMILES string of the molecule is CC.Cc1cnc(Cl)nc1Nc1ccc(C#N)cc1. The van der Waals surface area contributed by atoms with Gasteiger partial charge < -0.3 is 5.32 Å². The lowest BCUT2D eigenvalue weighted by atomic mass is 10.2. The van der Waals surface area contributed by atoms with Gasteiger partial charge in [0.25, 0.3) is 0 Å². The van der Waals surface area contributed by atoms with E-state index in [1.165, 1.54) is 0 Å². The molecule has 5 heteroatoms. The first-order valence-electron chi connectivity index (χ1n) is 5.95. The molecular formula is C14H15ClN4. The fraction of sp³-hybridized carbons (Fsp3) is 0.214.